The zero-order valence-corrected chi connectivity index (χ0v) is 14.2. The van der Waals surface area contributed by atoms with Crippen molar-refractivity contribution in [2.75, 3.05) is 5.32 Å². The van der Waals surface area contributed by atoms with E-state index in [2.05, 4.69) is 24.4 Å². The Morgan fingerprint density at radius 1 is 1.33 bits per heavy atom. The second kappa shape index (κ2) is 7.08. The van der Waals surface area contributed by atoms with Gasteiger partial charge in [-0.25, -0.2) is 0 Å². The molecule has 1 amide bonds. The standard InChI is InChI=1S/C18H29NO2/c1-7-15-9-8-12(2)10-16(15)19-17(20)14(4)13(3)11-18(5,6)21/h8-10,13-14,21H,7,11H2,1-6H3,(H,19,20). The van der Waals surface area contributed by atoms with E-state index in [1.54, 1.807) is 13.8 Å². The van der Waals surface area contributed by atoms with Crippen molar-refractivity contribution in [2.24, 2.45) is 11.8 Å². The molecule has 0 spiro atoms. The van der Waals surface area contributed by atoms with E-state index >= 15 is 0 Å². The van der Waals surface area contributed by atoms with E-state index in [0.29, 0.717) is 6.42 Å². The molecule has 118 valence electrons. The zero-order valence-electron chi connectivity index (χ0n) is 14.2. The van der Waals surface area contributed by atoms with Gasteiger partial charge in [0.05, 0.1) is 5.60 Å². The maximum Gasteiger partial charge on any atom is 0.227 e. The van der Waals surface area contributed by atoms with Crippen LogP contribution in [0.3, 0.4) is 0 Å². The molecule has 0 bridgehead atoms. The van der Waals surface area contributed by atoms with Gasteiger partial charge in [0.2, 0.25) is 5.91 Å². The van der Waals surface area contributed by atoms with Crippen molar-refractivity contribution in [2.45, 2.75) is 60.0 Å². The molecule has 2 atom stereocenters. The molecule has 3 heteroatoms. The second-order valence-corrected chi connectivity index (χ2v) is 6.79. The minimum Gasteiger partial charge on any atom is -0.390 e. The Hall–Kier alpha value is -1.35. The highest BCUT2D eigenvalue weighted by atomic mass is 16.3. The molecule has 1 aromatic rings. The fourth-order valence-electron chi connectivity index (χ4n) is 2.58. The minimum atomic E-state index is -0.744. The third-order valence-corrected chi connectivity index (χ3v) is 3.99. The number of anilines is 1. The lowest BCUT2D eigenvalue weighted by atomic mass is 9.85. The third-order valence-electron chi connectivity index (χ3n) is 3.99. The van der Waals surface area contributed by atoms with Crippen molar-refractivity contribution in [3.05, 3.63) is 29.3 Å². The van der Waals surface area contributed by atoms with Crippen molar-refractivity contribution in [1.82, 2.24) is 0 Å². The monoisotopic (exact) mass is 291 g/mol. The van der Waals surface area contributed by atoms with Gasteiger partial charge in [-0.15, -0.1) is 0 Å². The van der Waals surface area contributed by atoms with E-state index in [-0.39, 0.29) is 17.7 Å². The van der Waals surface area contributed by atoms with Gasteiger partial charge in [0, 0.05) is 11.6 Å². The number of aliphatic hydroxyl groups is 1. The average molecular weight is 291 g/mol. The number of carbonyl (C=O) groups excluding carboxylic acids is 1. The summed E-state index contributed by atoms with van der Waals surface area (Å²) in [5.74, 6) is 0.00794. The number of hydrogen-bond donors (Lipinski definition) is 2. The molecule has 0 heterocycles. The molecular formula is C18H29NO2. The number of aryl methyl sites for hydroxylation is 2. The van der Waals surface area contributed by atoms with Gasteiger partial charge in [0.1, 0.15) is 0 Å². The normalized spacial score (nSPS) is 14.6. The van der Waals surface area contributed by atoms with Crippen LogP contribution in [0.25, 0.3) is 0 Å². The van der Waals surface area contributed by atoms with Crippen LogP contribution in [0, 0.1) is 18.8 Å². The highest BCUT2D eigenvalue weighted by Gasteiger charge is 2.26. The first kappa shape index (κ1) is 17.7. The van der Waals surface area contributed by atoms with E-state index in [1.807, 2.05) is 26.8 Å². The molecule has 1 rings (SSSR count). The number of amides is 1. The van der Waals surface area contributed by atoms with Crippen LogP contribution in [0.5, 0.6) is 0 Å². The summed E-state index contributed by atoms with van der Waals surface area (Å²) in [6, 6.07) is 6.15. The first-order valence-corrected chi connectivity index (χ1v) is 7.76. The second-order valence-electron chi connectivity index (χ2n) is 6.79. The largest absolute Gasteiger partial charge is 0.390 e. The highest BCUT2D eigenvalue weighted by molar-refractivity contribution is 5.93. The molecule has 0 fully saturated rings. The summed E-state index contributed by atoms with van der Waals surface area (Å²) in [6.07, 6.45) is 1.50. The van der Waals surface area contributed by atoms with Gasteiger partial charge in [-0.2, -0.15) is 0 Å². The smallest absolute Gasteiger partial charge is 0.227 e. The zero-order chi connectivity index (χ0) is 16.2. The van der Waals surface area contributed by atoms with Gasteiger partial charge in [0.25, 0.3) is 0 Å². The van der Waals surface area contributed by atoms with Crippen LogP contribution in [-0.4, -0.2) is 16.6 Å². The van der Waals surface area contributed by atoms with Gasteiger partial charge in [-0.05, 0) is 56.7 Å². The van der Waals surface area contributed by atoms with Crippen LogP contribution in [0.4, 0.5) is 5.69 Å². The Morgan fingerprint density at radius 3 is 2.48 bits per heavy atom. The van der Waals surface area contributed by atoms with Crippen molar-refractivity contribution in [3.8, 4) is 0 Å². The van der Waals surface area contributed by atoms with Crippen molar-refractivity contribution in [3.63, 3.8) is 0 Å². The Bertz CT molecular complexity index is 488. The Morgan fingerprint density at radius 2 is 1.95 bits per heavy atom. The summed E-state index contributed by atoms with van der Waals surface area (Å²) in [6.45, 7) is 11.6. The summed E-state index contributed by atoms with van der Waals surface area (Å²) >= 11 is 0. The van der Waals surface area contributed by atoms with Crippen molar-refractivity contribution < 1.29 is 9.90 Å². The number of carbonyl (C=O) groups is 1. The number of nitrogens with one attached hydrogen (secondary N) is 1. The molecular weight excluding hydrogens is 262 g/mol. The molecule has 21 heavy (non-hydrogen) atoms. The molecule has 1 aromatic carbocycles. The molecule has 2 unspecified atom stereocenters. The fourth-order valence-corrected chi connectivity index (χ4v) is 2.58. The molecule has 0 aromatic heterocycles. The third kappa shape index (κ3) is 5.50. The Balaban J connectivity index is 2.79. The van der Waals surface area contributed by atoms with E-state index in [4.69, 9.17) is 0 Å². The SMILES string of the molecule is CCc1ccc(C)cc1NC(=O)C(C)C(C)CC(C)(C)O. The maximum atomic E-state index is 12.4. The van der Waals surface area contributed by atoms with Gasteiger partial charge in [0.15, 0.2) is 0 Å². The van der Waals surface area contributed by atoms with Gasteiger partial charge >= 0.3 is 0 Å². The molecule has 0 radical (unpaired) electrons. The van der Waals surface area contributed by atoms with Gasteiger partial charge < -0.3 is 10.4 Å². The first-order valence-electron chi connectivity index (χ1n) is 7.76. The highest BCUT2D eigenvalue weighted by Crippen LogP contribution is 2.25. The average Bonchev–Trinajstić information content (AvgIpc) is 2.36. The maximum absolute atomic E-state index is 12.4. The molecule has 0 aliphatic carbocycles. The summed E-state index contributed by atoms with van der Waals surface area (Å²) in [5.41, 5.74) is 2.45. The quantitative estimate of drug-likeness (QED) is 0.834. The lowest BCUT2D eigenvalue weighted by Gasteiger charge is -2.26. The summed E-state index contributed by atoms with van der Waals surface area (Å²) in [7, 11) is 0. The predicted molar refractivity (Wildman–Crippen MR) is 88.4 cm³/mol. The number of benzene rings is 1. The molecule has 0 saturated carbocycles. The molecule has 0 aliphatic rings. The van der Waals surface area contributed by atoms with Crippen LogP contribution in [0.15, 0.2) is 18.2 Å². The van der Waals surface area contributed by atoms with Gasteiger partial charge in [-0.1, -0.05) is 32.9 Å². The van der Waals surface area contributed by atoms with Crippen LogP contribution >= 0.6 is 0 Å². The Kier molecular flexibility index (Phi) is 5.97. The van der Waals surface area contributed by atoms with Crippen LogP contribution in [-0.2, 0) is 11.2 Å². The van der Waals surface area contributed by atoms with Crippen LogP contribution in [0.1, 0.15) is 52.2 Å². The lowest BCUT2D eigenvalue weighted by Crippen LogP contribution is -2.31. The molecule has 0 saturated heterocycles. The number of rotatable bonds is 6. The topological polar surface area (TPSA) is 49.3 Å². The molecule has 3 nitrogen and oxygen atoms in total. The summed E-state index contributed by atoms with van der Waals surface area (Å²) < 4.78 is 0. The minimum absolute atomic E-state index is 0.0204. The fraction of sp³-hybridized carbons (Fsp3) is 0.611. The van der Waals surface area contributed by atoms with Crippen molar-refractivity contribution >= 4 is 11.6 Å². The van der Waals surface area contributed by atoms with E-state index < -0.39 is 5.60 Å². The van der Waals surface area contributed by atoms with E-state index in [1.165, 1.54) is 0 Å². The lowest BCUT2D eigenvalue weighted by molar-refractivity contribution is -0.121. The van der Waals surface area contributed by atoms with Crippen molar-refractivity contribution in [1.29, 1.82) is 0 Å². The summed E-state index contributed by atoms with van der Waals surface area (Å²) in [5, 5.41) is 12.9. The predicted octanol–water partition coefficient (Wildman–Crippen LogP) is 3.93. The van der Waals surface area contributed by atoms with Gasteiger partial charge in [-0.3, -0.25) is 4.79 Å². The van der Waals surface area contributed by atoms with E-state index in [9.17, 15) is 9.90 Å². The molecule has 0 aliphatic heterocycles. The number of hydrogen-bond acceptors (Lipinski definition) is 2. The summed E-state index contributed by atoms with van der Waals surface area (Å²) in [4.78, 5) is 12.4. The first-order chi connectivity index (χ1) is 9.64. The molecule has 2 N–H and O–H groups in total. The van der Waals surface area contributed by atoms with Crippen LogP contribution < -0.4 is 5.32 Å². The Labute approximate surface area is 128 Å². The van der Waals surface area contributed by atoms with E-state index in [0.717, 1.165) is 23.2 Å². The van der Waals surface area contributed by atoms with Crippen LogP contribution in [0.2, 0.25) is 0 Å².